The van der Waals surface area contributed by atoms with Crippen molar-refractivity contribution in [2.45, 2.75) is 13.8 Å². The van der Waals surface area contributed by atoms with Gasteiger partial charge in [-0.1, -0.05) is 224 Å². The summed E-state index contributed by atoms with van der Waals surface area (Å²) in [7, 11) is 0. The third-order valence-corrected chi connectivity index (χ3v) is 11.4. The van der Waals surface area contributed by atoms with Gasteiger partial charge in [-0.25, -0.2) is 0 Å². The SMILES string of the molecule is Cc1cc(-c2cccc(-c3ccccc3)c2)cc(-c2cccc(-c3ccccc3)c2)c1.Cc1cccc(-c2cccc(-c3cccc(-c4cccc(-c5ccccc5)c4)c3)c2)c1. The van der Waals surface area contributed by atoms with Crippen LogP contribution in [0.2, 0.25) is 0 Å². The lowest BCUT2D eigenvalue weighted by Gasteiger charge is -2.11. The predicted octanol–water partition coefficient (Wildman–Crippen LogP) is 17.3. The number of aryl methyl sites for hydroxylation is 2. The van der Waals surface area contributed by atoms with E-state index in [4.69, 9.17) is 0 Å². The first kappa shape index (κ1) is 39.6. The zero-order chi connectivity index (χ0) is 42.1. The van der Waals surface area contributed by atoms with Crippen LogP contribution >= 0.6 is 0 Å². The first-order valence-corrected chi connectivity index (χ1v) is 21.4. The molecule has 62 heavy (non-hydrogen) atoms. The van der Waals surface area contributed by atoms with Crippen LogP contribution in [0.3, 0.4) is 0 Å². The van der Waals surface area contributed by atoms with Gasteiger partial charge in [0.15, 0.2) is 0 Å². The molecule has 0 heterocycles. The van der Waals surface area contributed by atoms with E-state index in [0.717, 1.165) is 0 Å². The second kappa shape index (κ2) is 18.6. The second-order valence-corrected chi connectivity index (χ2v) is 16.0. The normalized spacial score (nSPS) is 10.7. The average molecular weight is 793 g/mol. The maximum atomic E-state index is 2.31. The Morgan fingerprint density at radius 3 is 0.629 bits per heavy atom. The first-order chi connectivity index (χ1) is 30.5. The predicted molar refractivity (Wildman–Crippen MR) is 266 cm³/mol. The fourth-order valence-corrected chi connectivity index (χ4v) is 8.22. The molecule has 0 bridgehead atoms. The van der Waals surface area contributed by atoms with Gasteiger partial charge < -0.3 is 0 Å². The molecule has 10 aromatic carbocycles. The zero-order valence-electron chi connectivity index (χ0n) is 35.2. The highest BCUT2D eigenvalue weighted by Gasteiger charge is 2.09. The molecule has 0 spiro atoms. The minimum atomic E-state index is 1.23. The van der Waals surface area contributed by atoms with Gasteiger partial charge >= 0.3 is 0 Å². The van der Waals surface area contributed by atoms with E-state index in [-0.39, 0.29) is 0 Å². The van der Waals surface area contributed by atoms with Gasteiger partial charge in [0, 0.05) is 0 Å². The number of benzene rings is 10. The molecule has 0 nitrogen and oxygen atoms in total. The molecule has 0 aliphatic carbocycles. The van der Waals surface area contributed by atoms with E-state index >= 15 is 0 Å². The highest BCUT2D eigenvalue weighted by Crippen LogP contribution is 2.34. The minimum Gasteiger partial charge on any atom is -0.0622 e. The van der Waals surface area contributed by atoms with Crippen molar-refractivity contribution in [2.24, 2.45) is 0 Å². The molecule has 0 atom stereocenters. The number of hydrogen-bond donors (Lipinski definition) is 0. The van der Waals surface area contributed by atoms with Crippen molar-refractivity contribution < 1.29 is 0 Å². The standard InChI is InChI=1S/2C31H24/c1-23-18-30(28-16-8-14-26(20-28)24-10-4-2-5-11-24)22-31(19-23)29-17-9-15-27(21-29)25-12-6-3-7-13-25;1-23-9-5-12-25(19-23)27-14-7-16-29(21-27)31-18-8-17-30(22-31)28-15-6-13-26(20-28)24-10-3-2-4-11-24/h2*2-22H,1H3. The topological polar surface area (TPSA) is 0 Å². The second-order valence-electron chi connectivity index (χ2n) is 16.0. The van der Waals surface area contributed by atoms with E-state index in [9.17, 15) is 0 Å². The molecule has 10 rings (SSSR count). The molecule has 0 saturated heterocycles. The van der Waals surface area contributed by atoms with E-state index in [1.54, 1.807) is 0 Å². The Morgan fingerprint density at radius 1 is 0.145 bits per heavy atom. The van der Waals surface area contributed by atoms with Crippen LogP contribution in [-0.4, -0.2) is 0 Å². The third-order valence-electron chi connectivity index (χ3n) is 11.4. The molecule has 0 N–H and O–H groups in total. The van der Waals surface area contributed by atoms with Gasteiger partial charge in [-0.2, -0.15) is 0 Å². The molecule has 0 radical (unpaired) electrons. The molecule has 0 aromatic heterocycles. The lowest BCUT2D eigenvalue weighted by molar-refractivity contribution is 1.46. The highest BCUT2D eigenvalue weighted by molar-refractivity contribution is 5.81. The molecule has 0 amide bonds. The summed E-state index contributed by atoms with van der Waals surface area (Å²) in [4.78, 5) is 0. The largest absolute Gasteiger partial charge is 0.0622 e. The van der Waals surface area contributed by atoms with Crippen molar-refractivity contribution in [3.8, 4) is 89.0 Å². The lowest BCUT2D eigenvalue weighted by Crippen LogP contribution is -1.86. The molecule has 0 heteroatoms. The van der Waals surface area contributed by atoms with E-state index in [1.165, 1.54) is 100 Å². The van der Waals surface area contributed by atoms with Crippen LogP contribution < -0.4 is 0 Å². The Kier molecular flexibility index (Phi) is 11.9. The summed E-state index contributed by atoms with van der Waals surface area (Å²) in [6.07, 6.45) is 0. The molecule has 0 fully saturated rings. The highest BCUT2D eigenvalue weighted by atomic mass is 14.1. The maximum absolute atomic E-state index is 2.31. The average Bonchev–Trinajstić information content (AvgIpc) is 3.35. The molecule has 296 valence electrons. The van der Waals surface area contributed by atoms with E-state index in [2.05, 4.69) is 269 Å². The van der Waals surface area contributed by atoms with Gasteiger partial charge in [-0.05, 0) is 145 Å². The maximum Gasteiger partial charge on any atom is -0.0175 e. The molecule has 0 aliphatic heterocycles. The summed E-state index contributed by atoms with van der Waals surface area (Å²) in [5.74, 6) is 0. The van der Waals surface area contributed by atoms with Crippen molar-refractivity contribution in [3.05, 3.63) is 266 Å². The quantitative estimate of drug-likeness (QED) is 0.144. The molecular weight excluding hydrogens is 745 g/mol. The monoisotopic (exact) mass is 792 g/mol. The van der Waals surface area contributed by atoms with Crippen molar-refractivity contribution in [3.63, 3.8) is 0 Å². The smallest absolute Gasteiger partial charge is 0.0175 e. The van der Waals surface area contributed by atoms with Crippen molar-refractivity contribution in [2.75, 3.05) is 0 Å². The van der Waals surface area contributed by atoms with Crippen LogP contribution in [0.4, 0.5) is 0 Å². The summed E-state index contributed by atoms with van der Waals surface area (Å²) in [6.45, 7) is 4.31. The fraction of sp³-hybridized carbons (Fsp3) is 0.0323. The Balaban J connectivity index is 0.000000158. The Morgan fingerprint density at radius 2 is 0.339 bits per heavy atom. The molecule has 0 aliphatic rings. The Hall–Kier alpha value is -7.80. The van der Waals surface area contributed by atoms with Crippen molar-refractivity contribution in [1.82, 2.24) is 0 Å². The van der Waals surface area contributed by atoms with Gasteiger partial charge in [0.05, 0.1) is 0 Å². The minimum absolute atomic E-state index is 1.23. The van der Waals surface area contributed by atoms with Gasteiger partial charge in [0.2, 0.25) is 0 Å². The van der Waals surface area contributed by atoms with Crippen LogP contribution in [0.25, 0.3) is 89.0 Å². The van der Waals surface area contributed by atoms with Gasteiger partial charge in [-0.3, -0.25) is 0 Å². The first-order valence-electron chi connectivity index (χ1n) is 21.4. The van der Waals surface area contributed by atoms with Crippen LogP contribution in [0.5, 0.6) is 0 Å². The van der Waals surface area contributed by atoms with Crippen molar-refractivity contribution in [1.29, 1.82) is 0 Å². The van der Waals surface area contributed by atoms with Crippen LogP contribution in [0, 0.1) is 13.8 Å². The third kappa shape index (κ3) is 9.47. The Bertz CT molecular complexity index is 2970. The van der Waals surface area contributed by atoms with E-state index in [0.29, 0.717) is 0 Å². The van der Waals surface area contributed by atoms with E-state index < -0.39 is 0 Å². The molecule has 0 unspecified atom stereocenters. The van der Waals surface area contributed by atoms with Gasteiger partial charge in [0.1, 0.15) is 0 Å². The van der Waals surface area contributed by atoms with Crippen LogP contribution in [0.15, 0.2) is 255 Å². The lowest BCUT2D eigenvalue weighted by atomic mass is 9.93. The summed E-state index contributed by atoms with van der Waals surface area (Å²) < 4.78 is 0. The number of rotatable bonds is 8. The summed E-state index contributed by atoms with van der Waals surface area (Å²) >= 11 is 0. The van der Waals surface area contributed by atoms with Crippen LogP contribution in [0.1, 0.15) is 11.1 Å². The Labute approximate surface area is 367 Å². The number of hydrogen-bond acceptors (Lipinski definition) is 0. The summed E-state index contributed by atoms with van der Waals surface area (Å²) in [5, 5.41) is 0. The van der Waals surface area contributed by atoms with Gasteiger partial charge in [0.25, 0.3) is 0 Å². The van der Waals surface area contributed by atoms with Gasteiger partial charge in [-0.15, -0.1) is 0 Å². The molecule has 0 saturated carbocycles. The van der Waals surface area contributed by atoms with Crippen LogP contribution in [-0.2, 0) is 0 Å². The molecular formula is C62H48. The molecule has 10 aromatic rings. The summed E-state index contributed by atoms with van der Waals surface area (Å²) in [6, 6.07) is 91.3. The van der Waals surface area contributed by atoms with Crippen molar-refractivity contribution >= 4 is 0 Å². The van der Waals surface area contributed by atoms with E-state index in [1.807, 2.05) is 0 Å². The zero-order valence-corrected chi connectivity index (χ0v) is 35.2. The summed E-state index contributed by atoms with van der Waals surface area (Å²) in [5.41, 5.74) is 22.4. The fourth-order valence-electron chi connectivity index (χ4n) is 8.22.